The van der Waals surface area contributed by atoms with E-state index >= 15 is 0 Å². The average molecular weight is 480 g/mol. The van der Waals surface area contributed by atoms with Crippen LogP contribution in [-0.4, -0.2) is 26.9 Å². The Balaban J connectivity index is 1.36. The largest absolute Gasteiger partial charge is 0.497 e. The Bertz CT molecular complexity index is 1310. The van der Waals surface area contributed by atoms with E-state index in [2.05, 4.69) is 29.6 Å². The summed E-state index contributed by atoms with van der Waals surface area (Å²) in [5.41, 5.74) is 6.72. The quantitative estimate of drug-likeness (QED) is 0.312. The third kappa shape index (κ3) is 4.78. The van der Waals surface area contributed by atoms with Gasteiger partial charge in [-0.2, -0.15) is 0 Å². The molecule has 1 unspecified atom stereocenters. The van der Waals surface area contributed by atoms with Gasteiger partial charge in [-0.3, -0.25) is 0 Å². The summed E-state index contributed by atoms with van der Waals surface area (Å²) in [6, 6.07) is 32.0. The molecule has 4 aromatic carbocycles. The molecule has 0 fully saturated rings. The zero-order valence-electron chi connectivity index (χ0n) is 20.4. The van der Waals surface area contributed by atoms with Crippen molar-refractivity contribution >= 4 is 6.09 Å². The number of nitrogens with one attached hydrogen (secondary N) is 1. The van der Waals surface area contributed by atoms with Crippen molar-refractivity contribution in [1.82, 2.24) is 5.32 Å². The monoisotopic (exact) mass is 479 g/mol. The number of fused-ring (bicyclic) bond motifs is 3. The van der Waals surface area contributed by atoms with Crippen molar-refractivity contribution in [1.29, 1.82) is 0 Å². The first kappa shape index (κ1) is 23.5. The first-order valence-electron chi connectivity index (χ1n) is 12.0. The minimum Gasteiger partial charge on any atom is -0.497 e. The first-order valence-corrected chi connectivity index (χ1v) is 12.0. The Morgan fingerprint density at radius 2 is 1.44 bits per heavy atom. The van der Waals surface area contributed by atoms with E-state index in [9.17, 15) is 4.79 Å². The second kappa shape index (κ2) is 10.6. The van der Waals surface area contributed by atoms with Crippen molar-refractivity contribution in [2.75, 3.05) is 20.8 Å². The maximum absolute atomic E-state index is 13.1. The highest BCUT2D eigenvalue weighted by Crippen LogP contribution is 2.44. The molecule has 0 saturated carbocycles. The molecule has 36 heavy (non-hydrogen) atoms. The van der Waals surface area contributed by atoms with Gasteiger partial charge in [-0.05, 0) is 46.4 Å². The Hall–Kier alpha value is -4.25. The molecule has 0 heterocycles. The van der Waals surface area contributed by atoms with E-state index in [1.165, 1.54) is 22.3 Å². The van der Waals surface area contributed by atoms with Gasteiger partial charge in [0.1, 0.15) is 18.1 Å². The zero-order chi connectivity index (χ0) is 24.9. The van der Waals surface area contributed by atoms with E-state index in [0.29, 0.717) is 17.9 Å². The molecule has 0 spiro atoms. The zero-order valence-corrected chi connectivity index (χ0v) is 20.4. The smallest absolute Gasteiger partial charge is 0.407 e. The van der Waals surface area contributed by atoms with Crippen LogP contribution >= 0.6 is 0 Å². The summed E-state index contributed by atoms with van der Waals surface area (Å²) in [7, 11) is 3.23. The molecule has 5 heteroatoms. The summed E-state index contributed by atoms with van der Waals surface area (Å²) >= 11 is 0. The highest BCUT2D eigenvalue weighted by atomic mass is 16.5. The van der Waals surface area contributed by atoms with E-state index in [0.717, 1.165) is 11.1 Å². The topological polar surface area (TPSA) is 56.8 Å². The van der Waals surface area contributed by atoms with E-state index in [-0.39, 0.29) is 18.6 Å². The van der Waals surface area contributed by atoms with Crippen LogP contribution in [0.1, 0.15) is 34.2 Å². The van der Waals surface area contributed by atoms with Gasteiger partial charge in [-0.25, -0.2) is 4.79 Å². The summed E-state index contributed by atoms with van der Waals surface area (Å²) in [5.74, 6) is 1.34. The Labute approximate surface area is 211 Å². The standard InChI is InChI=1S/C31H29NO4/c1-34-22-16-17-27(30(19-22)35-2)29(18-21-10-4-3-5-11-21)32-31(33)36-20-28-25-14-8-6-12-23(25)24-13-7-9-15-26(24)28/h3-17,19,28-29H,18,20H2,1-2H3,(H,32,33). The highest BCUT2D eigenvalue weighted by molar-refractivity contribution is 5.79. The van der Waals surface area contributed by atoms with Gasteiger partial charge < -0.3 is 19.5 Å². The van der Waals surface area contributed by atoms with Crippen LogP contribution in [0.2, 0.25) is 0 Å². The fraction of sp³-hybridized carbons (Fsp3) is 0.194. The molecule has 0 bridgehead atoms. The molecule has 182 valence electrons. The van der Waals surface area contributed by atoms with Crippen molar-refractivity contribution in [2.45, 2.75) is 18.4 Å². The molecule has 5 nitrogen and oxygen atoms in total. The van der Waals surface area contributed by atoms with Crippen LogP contribution in [0.4, 0.5) is 4.79 Å². The molecule has 0 saturated heterocycles. The fourth-order valence-corrected chi connectivity index (χ4v) is 4.98. The van der Waals surface area contributed by atoms with Crippen LogP contribution < -0.4 is 14.8 Å². The molecule has 0 radical (unpaired) electrons. The molecule has 5 rings (SSSR count). The van der Waals surface area contributed by atoms with Crippen LogP contribution in [0.5, 0.6) is 11.5 Å². The average Bonchev–Trinajstić information content (AvgIpc) is 3.25. The molecule has 1 N–H and O–H groups in total. The van der Waals surface area contributed by atoms with Crippen molar-refractivity contribution in [2.24, 2.45) is 0 Å². The van der Waals surface area contributed by atoms with Gasteiger partial charge in [-0.15, -0.1) is 0 Å². The third-order valence-electron chi connectivity index (χ3n) is 6.73. The lowest BCUT2D eigenvalue weighted by atomic mass is 9.97. The van der Waals surface area contributed by atoms with Gasteiger partial charge in [0.2, 0.25) is 0 Å². The summed E-state index contributed by atoms with van der Waals surface area (Å²) in [6.45, 7) is 0.262. The van der Waals surface area contributed by atoms with Gasteiger partial charge in [0.25, 0.3) is 0 Å². The van der Waals surface area contributed by atoms with Crippen LogP contribution in [0, 0.1) is 0 Å². The highest BCUT2D eigenvalue weighted by Gasteiger charge is 2.29. The number of carbonyl (C=O) groups is 1. The maximum atomic E-state index is 13.1. The minimum atomic E-state index is -0.462. The number of alkyl carbamates (subject to hydrolysis) is 1. The van der Waals surface area contributed by atoms with Crippen LogP contribution in [0.15, 0.2) is 97.1 Å². The molecular formula is C31H29NO4. The summed E-state index contributed by atoms with van der Waals surface area (Å²) in [4.78, 5) is 13.1. The summed E-state index contributed by atoms with van der Waals surface area (Å²) in [6.07, 6.45) is 0.129. The molecule has 4 aromatic rings. The summed E-state index contributed by atoms with van der Waals surface area (Å²) in [5, 5.41) is 3.08. The lowest BCUT2D eigenvalue weighted by Crippen LogP contribution is -2.31. The number of hydrogen-bond donors (Lipinski definition) is 1. The van der Waals surface area contributed by atoms with E-state index in [1.54, 1.807) is 14.2 Å². The molecule has 0 aliphatic heterocycles. The fourth-order valence-electron chi connectivity index (χ4n) is 4.98. The second-order valence-corrected chi connectivity index (χ2v) is 8.82. The van der Waals surface area contributed by atoms with Crippen LogP contribution in [-0.2, 0) is 11.2 Å². The molecule has 0 aromatic heterocycles. The molecular weight excluding hydrogens is 450 g/mol. The van der Waals surface area contributed by atoms with Crippen molar-refractivity contribution < 1.29 is 19.0 Å². The number of amides is 1. The van der Waals surface area contributed by atoms with E-state index in [1.807, 2.05) is 72.8 Å². The minimum absolute atomic E-state index is 0.00578. The lowest BCUT2D eigenvalue weighted by Gasteiger charge is -2.22. The number of benzene rings is 4. The van der Waals surface area contributed by atoms with Crippen LogP contribution in [0.25, 0.3) is 11.1 Å². The maximum Gasteiger partial charge on any atom is 0.407 e. The predicted octanol–water partition coefficient (Wildman–Crippen LogP) is 6.53. The third-order valence-corrected chi connectivity index (χ3v) is 6.73. The molecule has 1 atom stereocenters. The molecule has 1 aliphatic rings. The second-order valence-electron chi connectivity index (χ2n) is 8.82. The first-order chi connectivity index (χ1) is 17.7. The van der Waals surface area contributed by atoms with Gasteiger partial charge in [0.15, 0.2) is 0 Å². The molecule has 1 amide bonds. The van der Waals surface area contributed by atoms with Gasteiger partial charge >= 0.3 is 6.09 Å². The Kier molecular flexibility index (Phi) is 6.89. The van der Waals surface area contributed by atoms with Crippen molar-refractivity contribution in [3.8, 4) is 22.6 Å². The van der Waals surface area contributed by atoms with Gasteiger partial charge in [-0.1, -0.05) is 78.9 Å². The lowest BCUT2D eigenvalue weighted by molar-refractivity contribution is 0.139. The number of ether oxygens (including phenoxy) is 3. The number of hydrogen-bond acceptors (Lipinski definition) is 4. The SMILES string of the molecule is COc1ccc(C(Cc2ccccc2)NC(=O)OCC2c3ccccc3-c3ccccc32)c(OC)c1. The van der Waals surface area contributed by atoms with E-state index < -0.39 is 6.09 Å². The van der Waals surface area contributed by atoms with Crippen LogP contribution in [0.3, 0.4) is 0 Å². The van der Waals surface area contributed by atoms with Crippen molar-refractivity contribution in [3.63, 3.8) is 0 Å². The number of methoxy groups -OCH3 is 2. The van der Waals surface area contributed by atoms with Gasteiger partial charge in [0.05, 0.1) is 20.3 Å². The van der Waals surface area contributed by atoms with Crippen molar-refractivity contribution in [3.05, 3.63) is 119 Å². The Morgan fingerprint density at radius 3 is 2.08 bits per heavy atom. The molecule has 1 aliphatic carbocycles. The number of carbonyl (C=O) groups excluding carboxylic acids is 1. The van der Waals surface area contributed by atoms with Gasteiger partial charge in [0, 0.05) is 17.5 Å². The Morgan fingerprint density at radius 1 is 0.806 bits per heavy atom. The number of rotatable bonds is 8. The normalized spacial score (nSPS) is 12.8. The predicted molar refractivity (Wildman–Crippen MR) is 141 cm³/mol. The van der Waals surface area contributed by atoms with E-state index in [4.69, 9.17) is 14.2 Å². The summed E-state index contributed by atoms with van der Waals surface area (Å²) < 4.78 is 16.8.